The summed E-state index contributed by atoms with van der Waals surface area (Å²) in [7, 11) is 0. The lowest BCUT2D eigenvalue weighted by atomic mass is 10.1. The first-order valence-corrected chi connectivity index (χ1v) is 5.22. The lowest BCUT2D eigenvalue weighted by Crippen LogP contribution is -2.47. The van der Waals surface area contributed by atoms with E-state index < -0.39 is 0 Å². The molecular formula is C10H16N2O2. The molecule has 1 saturated carbocycles. The van der Waals surface area contributed by atoms with Crippen molar-refractivity contribution in [1.82, 2.24) is 4.90 Å². The van der Waals surface area contributed by atoms with E-state index in [1.165, 1.54) is 4.90 Å². The van der Waals surface area contributed by atoms with Gasteiger partial charge in [0.15, 0.2) is 0 Å². The molecule has 78 valence electrons. The fourth-order valence-electron chi connectivity index (χ4n) is 2.45. The molecule has 2 fully saturated rings. The number of likely N-dealkylation sites (tertiary alicyclic amines) is 1. The molecule has 1 aliphatic carbocycles. The summed E-state index contributed by atoms with van der Waals surface area (Å²) in [5, 5.41) is 0. The Labute approximate surface area is 83.4 Å². The van der Waals surface area contributed by atoms with Gasteiger partial charge in [0.1, 0.15) is 0 Å². The van der Waals surface area contributed by atoms with Crippen LogP contribution in [0.5, 0.6) is 0 Å². The maximum Gasteiger partial charge on any atom is 0.232 e. The quantitative estimate of drug-likeness (QED) is 0.612. The molecule has 4 nitrogen and oxygen atoms in total. The summed E-state index contributed by atoms with van der Waals surface area (Å²) in [5.41, 5.74) is 5.88. The number of hydrogen-bond donors (Lipinski definition) is 1. The summed E-state index contributed by atoms with van der Waals surface area (Å²) in [5.74, 6) is -0.211. The molecule has 2 aliphatic rings. The molecule has 0 bridgehead atoms. The molecule has 4 heteroatoms. The van der Waals surface area contributed by atoms with Crippen molar-refractivity contribution < 1.29 is 9.59 Å². The van der Waals surface area contributed by atoms with Gasteiger partial charge in [-0.1, -0.05) is 6.92 Å². The third kappa shape index (κ3) is 1.34. The van der Waals surface area contributed by atoms with E-state index in [9.17, 15) is 9.59 Å². The molecule has 0 radical (unpaired) electrons. The van der Waals surface area contributed by atoms with Crippen LogP contribution in [0.15, 0.2) is 0 Å². The Morgan fingerprint density at radius 2 is 2.07 bits per heavy atom. The van der Waals surface area contributed by atoms with Crippen molar-refractivity contribution in [2.45, 2.75) is 44.7 Å². The van der Waals surface area contributed by atoms with Crippen molar-refractivity contribution in [2.24, 2.45) is 11.7 Å². The maximum absolute atomic E-state index is 11.7. The Hall–Kier alpha value is -0.900. The minimum absolute atomic E-state index is 0.00630. The van der Waals surface area contributed by atoms with Gasteiger partial charge >= 0.3 is 0 Å². The zero-order valence-electron chi connectivity index (χ0n) is 8.40. The number of amides is 2. The molecule has 0 aromatic carbocycles. The molecule has 1 saturated heterocycles. The highest BCUT2D eigenvalue weighted by molar-refractivity contribution is 6.03. The molecule has 2 N–H and O–H groups in total. The Morgan fingerprint density at radius 3 is 2.50 bits per heavy atom. The molecule has 14 heavy (non-hydrogen) atoms. The fourth-order valence-corrected chi connectivity index (χ4v) is 2.45. The summed E-state index contributed by atoms with van der Waals surface area (Å²) in [6.07, 6.45) is 3.20. The van der Waals surface area contributed by atoms with Crippen LogP contribution >= 0.6 is 0 Å². The van der Waals surface area contributed by atoms with Gasteiger partial charge in [-0.25, -0.2) is 0 Å². The number of imide groups is 1. The van der Waals surface area contributed by atoms with Crippen LogP contribution in [-0.2, 0) is 9.59 Å². The van der Waals surface area contributed by atoms with Crippen molar-refractivity contribution in [3.8, 4) is 0 Å². The molecule has 1 heterocycles. The van der Waals surface area contributed by atoms with E-state index in [0.717, 1.165) is 19.3 Å². The molecule has 2 amide bonds. The van der Waals surface area contributed by atoms with Crippen LogP contribution in [0.4, 0.5) is 0 Å². The number of carbonyl (C=O) groups is 2. The number of nitrogens with zero attached hydrogens (tertiary/aromatic N) is 1. The van der Waals surface area contributed by atoms with Gasteiger partial charge in [0.05, 0.1) is 6.04 Å². The highest BCUT2D eigenvalue weighted by Gasteiger charge is 2.43. The molecule has 3 unspecified atom stereocenters. The third-order valence-electron chi connectivity index (χ3n) is 3.27. The summed E-state index contributed by atoms with van der Waals surface area (Å²) >= 11 is 0. The van der Waals surface area contributed by atoms with Crippen molar-refractivity contribution in [3.63, 3.8) is 0 Å². The highest BCUT2D eigenvalue weighted by Crippen LogP contribution is 2.29. The van der Waals surface area contributed by atoms with E-state index in [1.807, 2.05) is 0 Å². The molecule has 0 spiro atoms. The molecule has 0 aromatic rings. The lowest BCUT2D eigenvalue weighted by Gasteiger charge is -2.25. The zero-order valence-corrected chi connectivity index (χ0v) is 8.40. The number of rotatable bonds is 1. The molecule has 3 atom stereocenters. The number of carbonyl (C=O) groups excluding carboxylic acids is 2. The first kappa shape index (κ1) is 9.65. The summed E-state index contributed by atoms with van der Waals surface area (Å²) in [6, 6.07) is -0.0341. The lowest BCUT2D eigenvalue weighted by molar-refractivity contribution is -0.142. The van der Waals surface area contributed by atoms with E-state index in [4.69, 9.17) is 5.73 Å². The van der Waals surface area contributed by atoms with Crippen LogP contribution in [-0.4, -0.2) is 28.8 Å². The monoisotopic (exact) mass is 196 g/mol. The Kier molecular flexibility index (Phi) is 2.31. The molecule has 0 aromatic heterocycles. The van der Waals surface area contributed by atoms with E-state index in [1.54, 1.807) is 6.92 Å². The number of nitrogens with two attached hydrogens (primary N) is 1. The second kappa shape index (κ2) is 3.35. The minimum atomic E-state index is -0.143. The van der Waals surface area contributed by atoms with E-state index >= 15 is 0 Å². The van der Waals surface area contributed by atoms with Crippen LogP contribution in [0, 0.1) is 5.92 Å². The number of hydrogen-bond acceptors (Lipinski definition) is 3. The summed E-state index contributed by atoms with van der Waals surface area (Å²) < 4.78 is 0. The van der Waals surface area contributed by atoms with Crippen molar-refractivity contribution in [1.29, 1.82) is 0 Å². The topological polar surface area (TPSA) is 63.4 Å². The van der Waals surface area contributed by atoms with Gasteiger partial charge in [-0.3, -0.25) is 14.5 Å². The van der Waals surface area contributed by atoms with Crippen LogP contribution in [0.3, 0.4) is 0 Å². The van der Waals surface area contributed by atoms with Gasteiger partial charge in [-0.05, 0) is 19.3 Å². The standard InChI is InChI=1S/C10H16N2O2/c1-6-5-9(13)12(10(6)14)8-4-2-3-7(8)11/h6-8H,2-5,11H2,1H3. The van der Waals surface area contributed by atoms with Crippen molar-refractivity contribution >= 4 is 11.8 Å². The third-order valence-corrected chi connectivity index (χ3v) is 3.27. The van der Waals surface area contributed by atoms with Crippen molar-refractivity contribution in [3.05, 3.63) is 0 Å². The van der Waals surface area contributed by atoms with Crippen LogP contribution in [0.25, 0.3) is 0 Å². The van der Waals surface area contributed by atoms with Gasteiger partial charge in [0, 0.05) is 18.4 Å². The average Bonchev–Trinajstić information content (AvgIpc) is 2.60. The van der Waals surface area contributed by atoms with Gasteiger partial charge < -0.3 is 5.73 Å². The van der Waals surface area contributed by atoms with E-state index in [2.05, 4.69) is 0 Å². The van der Waals surface area contributed by atoms with Gasteiger partial charge in [-0.2, -0.15) is 0 Å². The summed E-state index contributed by atoms with van der Waals surface area (Å²) in [4.78, 5) is 24.7. The zero-order chi connectivity index (χ0) is 10.3. The highest BCUT2D eigenvalue weighted by atomic mass is 16.2. The average molecular weight is 196 g/mol. The van der Waals surface area contributed by atoms with E-state index in [0.29, 0.717) is 6.42 Å². The first-order chi connectivity index (χ1) is 6.61. The first-order valence-electron chi connectivity index (χ1n) is 5.22. The van der Waals surface area contributed by atoms with Gasteiger partial charge in [0.25, 0.3) is 0 Å². The summed E-state index contributed by atoms with van der Waals surface area (Å²) in [6.45, 7) is 1.81. The van der Waals surface area contributed by atoms with E-state index in [-0.39, 0.29) is 29.8 Å². The fraction of sp³-hybridized carbons (Fsp3) is 0.800. The van der Waals surface area contributed by atoms with Crippen molar-refractivity contribution in [2.75, 3.05) is 0 Å². The Morgan fingerprint density at radius 1 is 1.36 bits per heavy atom. The SMILES string of the molecule is CC1CC(=O)N(C2CCCC2N)C1=O. The Bertz CT molecular complexity index is 277. The Balaban J connectivity index is 2.17. The molecule has 2 rings (SSSR count). The predicted octanol–water partition coefficient (Wildman–Crippen LogP) is 0.261. The smallest absolute Gasteiger partial charge is 0.232 e. The van der Waals surface area contributed by atoms with Crippen LogP contribution < -0.4 is 5.73 Å². The maximum atomic E-state index is 11.7. The van der Waals surface area contributed by atoms with Gasteiger partial charge in [0.2, 0.25) is 11.8 Å². The second-order valence-electron chi connectivity index (χ2n) is 4.37. The molecule has 1 aliphatic heterocycles. The second-order valence-corrected chi connectivity index (χ2v) is 4.37. The van der Waals surface area contributed by atoms with Gasteiger partial charge in [-0.15, -0.1) is 0 Å². The van der Waals surface area contributed by atoms with Crippen LogP contribution in [0.2, 0.25) is 0 Å². The minimum Gasteiger partial charge on any atom is -0.326 e. The normalized spacial score (nSPS) is 38.4. The molecular weight excluding hydrogens is 180 g/mol. The predicted molar refractivity (Wildman–Crippen MR) is 51.2 cm³/mol. The largest absolute Gasteiger partial charge is 0.326 e. The van der Waals surface area contributed by atoms with Crippen LogP contribution in [0.1, 0.15) is 32.6 Å².